The first-order valence-corrected chi connectivity index (χ1v) is 8.39. The van der Waals surface area contributed by atoms with Crippen molar-refractivity contribution in [1.82, 2.24) is 0 Å². The predicted molar refractivity (Wildman–Crippen MR) is 100 cm³/mol. The van der Waals surface area contributed by atoms with E-state index in [1.165, 1.54) is 25.1 Å². The number of esters is 1. The molecule has 1 atom stereocenters. The number of fused-ring (bicyclic) bond motifs is 1. The summed E-state index contributed by atoms with van der Waals surface area (Å²) in [5, 5.41) is 4.43. The lowest BCUT2D eigenvalue weighted by molar-refractivity contribution is -0.155. The second kappa shape index (κ2) is 8.31. The third kappa shape index (κ3) is 4.82. The summed E-state index contributed by atoms with van der Waals surface area (Å²) in [5.74, 6) is -1.36. The first-order valence-electron chi connectivity index (χ1n) is 8.39. The zero-order chi connectivity index (χ0) is 19.2. The van der Waals surface area contributed by atoms with E-state index in [1.54, 1.807) is 12.1 Å². The summed E-state index contributed by atoms with van der Waals surface area (Å²) in [6.07, 6.45) is -1.09. The molecule has 0 spiro atoms. The molecule has 1 amide bonds. The molecular formula is C21H18FNO4. The molecule has 0 saturated carbocycles. The number of carbonyl (C=O) groups excluding carboxylic acids is 2. The predicted octanol–water partition coefficient (Wildman–Crippen LogP) is 3.93. The van der Waals surface area contributed by atoms with Gasteiger partial charge >= 0.3 is 5.97 Å². The number of halogens is 1. The van der Waals surface area contributed by atoms with E-state index in [4.69, 9.17) is 9.47 Å². The van der Waals surface area contributed by atoms with E-state index in [0.29, 0.717) is 5.75 Å². The van der Waals surface area contributed by atoms with Crippen LogP contribution >= 0.6 is 0 Å². The van der Waals surface area contributed by atoms with Crippen LogP contribution in [0.25, 0.3) is 10.8 Å². The smallest absolute Gasteiger partial charge is 0.344 e. The van der Waals surface area contributed by atoms with Crippen LogP contribution in [0.15, 0.2) is 66.7 Å². The molecule has 0 aromatic heterocycles. The Bertz CT molecular complexity index is 973. The van der Waals surface area contributed by atoms with Crippen molar-refractivity contribution in [2.45, 2.75) is 13.0 Å². The molecule has 0 aliphatic carbocycles. The van der Waals surface area contributed by atoms with Gasteiger partial charge in [-0.2, -0.15) is 0 Å². The van der Waals surface area contributed by atoms with Crippen LogP contribution in [-0.2, 0) is 14.3 Å². The molecule has 0 aliphatic heterocycles. The molecular weight excluding hydrogens is 349 g/mol. The van der Waals surface area contributed by atoms with Crippen molar-refractivity contribution in [2.24, 2.45) is 0 Å². The highest BCUT2D eigenvalue weighted by atomic mass is 19.1. The monoisotopic (exact) mass is 367 g/mol. The number of hydrogen-bond donors (Lipinski definition) is 1. The van der Waals surface area contributed by atoms with Crippen molar-refractivity contribution in [1.29, 1.82) is 0 Å². The second-order valence-electron chi connectivity index (χ2n) is 5.90. The van der Waals surface area contributed by atoms with Crippen LogP contribution in [0, 0.1) is 5.82 Å². The molecule has 138 valence electrons. The maximum atomic E-state index is 13.6. The SMILES string of the molecule is C[C@H](OC(=O)COc1ccc2ccccc2c1)C(=O)Nc1ccccc1F. The first kappa shape index (κ1) is 18.4. The van der Waals surface area contributed by atoms with Crippen molar-refractivity contribution in [3.05, 3.63) is 72.5 Å². The highest BCUT2D eigenvalue weighted by Gasteiger charge is 2.19. The zero-order valence-corrected chi connectivity index (χ0v) is 14.6. The van der Waals surface area contributed by atoms with Crippen LogP contribution < -0.4 is 10.1 Å². The van der Waals surface area contributed by atoms with Crippen LogP contribution in [0.3, 0.4) is 0 Å². The van der Waals surface area contributed by atoms with Gasteiger partial charge in [0.2, 0.25) is 0 Å². The van der Waals surface area contributed by atoms with Crippen LogP contribution in [0.4, 0.5) is 10.1 Å². The Kier molecular flexibility index (Phi) is 5.66. The highest BCUT2D eigenvalue weighted by molar-refractivity contribution is 5.95. The van der Waals surface area contributed by atoms with Gasteiger partial charge in [-0.25, -0.2) is 9.18 Å². The number of rotatable bonds is 6. The van der Waals surface area contributed by atoms with Crippen molar-refractivity contribution < 1.29 is 23.5 Å². The van der Waals surface area contributed by atoms with Gasteiger partial charge in [0.25, 0.3) is 5.91 Å². The number of nitrogens with one attached hydrogen (secondary N) is 1. The number of anilines is 1. The molecule has 1 N–H and O–H groups in total. The van der Waals surface area contributed by atoms with Gasteiger partial charge in [-0.05, 0) is 42.0 Å². The molecule has 0 radical (unpaired) electrons. The fourth-order valence-electron chi connectivity index (χ4n) is 2.48. The average Bonchev–Trinajstić information content (AvgIpc) is 2.68. The van der Waals surface area contributed by atoms with Crippen LogP contribution in [0.1, 0.15) is 6.92 Å². The summed E-state index contributed by atoms with van der Waals surface area (Å²) in [5.41, 5.74) is 0.0258. The van der Waals surface area contributed by atoms with Gasteiger partial charge < -0.3 is 14.8 Å². The van der Waals surface area contributed by atoms with Crippen LogP contribution in [0.2, 0.25) is 0 Å². The molecule has 3 aromatic rings. The van der Waals surface area contributed by atoms with E-state index in [0.717, 1.165) is 10.8 Å². The third-order valence-corrected chi connectivity index (χ3v) is 3.89. The maximum absolute atomic E-state index is 13.6. The minimum Gasteiger partial charge on any atom is -0.482 e. The van der Waals surface area contributed by atoms with Gasteiger partial charge in [0.05, 0.1) is 5.69 Å². The van der Waals surface area contributed by atoms with Crippen LogP contribution in [0.5, 0.6) is 5.75 Å². The largest absolute Gasteiger partial charge is 0.482 e. The minimum atomic E-state index is -1.09. The molecule has 27 heavy (non-hydrogen) atoms. The van der Waals surface area contributed by atoms with Crippen molar-refractivity contribution >= 4 is 28.3 Å². The Morgan fingerprint density at radius 1 is 1.00 bits per heavy atom. The molecule has 5 nitrogen and oxygen atoms in total. The van der Waals surface area contributed by atoms with E-state index in [1.807, 2.05) is 36.4 Å². The number of hydrogen-bond acceptors (Lipinski definition) is 4. The Morgan fingerprint density at radius 2 is 1.70 bits per heavy atom. The maximum Gasteiger partial charge on any atom is 0.344 e. The van der Waals surface area contributed by atoms with E-state index in [9.17, 15) is 14.0 Å². The summed E-state index contributed by atoms with van der Waals surface area (Å²) in [6.45, 7) is 1.07. The zero-order valence-electron chi connectivity index (χ0n) is 14.6. The van der Waals surface area contributed by atoms with Gasteiger partial charge in [0, 0.05) is 0 Å². The summed E-state index contributed by atoms with van der Waals surface area (Å²) in [4.78, 5) is 23.9. The van der Waals surface area contributed by atoms with Gasteiger partial charge in [-0.1, -0.05) is 42.5 Å². The van der Waals surface area contributed by atoms with Crippen molar-refractivity contribution in [3.63, 3.8) is 0 Å². The van der Waals surface area contributed by atoms with E-state index < -0.39 is 23.8 Å². The average molecular weight is 367 g/mol. The molecule has 0 fully saturated rings. The number of para-hydroxylation sites is 1. The minimum absolute atomic E-state index is 0.0258. The number of benzene rings is 3. The standard InChI is InChI=1S/C21H18FNO4/c1-14(21(25)23-19-9-5-4-8-18(19)22)27-20(24)13-26-17-11-10-15-6-2-3-7-16(15)12-17/h2-12,14H,13H2,1H3,(H,23,25)/t14-/m0/s1. The Labute approximate surface area is 155 Å². The summed E-state index contributed by atoms with van der Waals surface area (Å²) in [7, 11) is 0. The molecule has 0 aliphatic rings. The molecule has 3 rings (SSSR count). The van der Waals surface area contributed by atoms with E-state index >= 15 is 0 Å². The summed E-state index contributed by atoms with van der Waals surface area (Å²) >= 11 is 0. The van der Waals surface area contributed by atoms with Crippen molar-refractivity contribution in [2.75, 3.05) is 11.9 Å². The topological polar surface area (TPSA) is 64.6 Å². The molecule has 3 aromatic carbocycles. The van der Waals surface area contributed by atoms with E-state index in [2.05, 4.69) is 5.32 Å². The van der Waals surface area contributed by atoms with Crippen LogP contribution in [-0.4, -0.2) is 24.6 Å². The Hall–Kier alpha value is -3.41. The highest BCUT2D eigenvalue weighted by Crippen LogP contribution is 2.20. The lowest BCUT2D eigenvalue weighted by Gasteiger charge is -2.14. The molecule has 0 heterocycles. The number of ether oxygens (including phenoxy) is 2. The van der Waals surface area contributed by atoms with Gasteiger partial charge in [-0.15, -0.1) is 0 Å². The number of amides is 1. The lowest BCUT2D eigenvalue weighted by atomic mass is 10.1. The second-order valence-corrected chi connectivity index (χ2v) is 5.90. The first-order chi connectivity index (χ1) is 13.0. The fraction of sp³-hybridized carbons (Fsp3) is 0.143. The third-order valence-electron chi connectivity index (χ3n) is 3.89. The number of carbonyl (C=O) groups is 2. The fourth-order valence-corrected chi connectivity index (χ4v) is 2.48. The summed E-state index contributed by atoms with van der Waals surface area (Å²) < 4.78 is 24.0. The Morgan fingerprint density at radius 3 is 2.48 bits per heavy atom. The van der Waals surface area contributed by atoms with Gasteiger partial charge in [-0.3, -0.25) is 4.79 Å². The Balaban J connectivity index is 1.52. The lowest BCUT2D eigenvalue weighted by Crippen LogP contribution is -2.31. The normalized spacial score (nSPS) is 11.6. The summed E-state index contributed by atoms with van der Waals surface area (Å²) in [6, 6.07) is 19.0. The van der Waals surface area contributed by atoms with E-state index in [-0.39, 0.29) is 12.3 Å². The van der Waals surface area contributed by atoms with Crippen molar-refractivity contribution in [3.8, 4) is 5.75 Å². The van der Waals surface area contributed by atoms with Gasteiger partial charge in [0.1, 0.15) is 11.6 Å². The molecule has 6 heteroatoms. The quantitative estimate of drug-likeness (QED) is 0.671. The van der Waals surface area contributed by atoms with Gasteiger partial charge in [0.15, 0.2) is 12.7 Å². The molecule has 0 bridgehead atoms. The molecule has 0 unspecified atom stereocenters. The molecule has 0 saturated heterocycles.